The first kappa shape index (κ1) is 37.6. The smallest absolute Gasteiger partial charge is 0.0625 e. The number of hydrogen-bond acceptors (Lipinski definition) is 0. The minimum Gasteiger partial charge on any atom is -0.0625 e. The molecule has 2 aromatic rings. The van der Waals surface area contributed by atoms with Crippen LogP contribution in [0.3, 0.4) is 0 Å². The first-order valence-electron chi connectivity index (χ1n) is 16.9. The normalized spacial score (nSPS) is 24.4. The van der Waals surface area contributed by atoms with Crippen LogP contribution >= 0.6 is 15.8 Å². The monoisotopic (exact) mass is 796 g/mol. The van der Waals surface area contributed by atoms with Crippen molar-refractivity contribution >= 4 is 58.7 Å². The van der Waals surface area contributed by atoms with Crippen molar-refractivity contribution in [3.63, 3.8) is 0 Å². The van der Waals surface area contributed by atoms with E-state index in [4.69, 9.17) is 0 Å². The Balaban J connectivity index is 0.000000200. The molecule has 6 aliphatic rings. The summed E-state index contributed by atoms with van der Waals surface area (Å²) in [5, 5.41) is 3.45. The van der Waals surface area contributed by atoms with Crippen LogP contribution < -0.4 is 10.6 Å². The third-order valence-electron chi connectivity index (χ3n) is 10.4. The Labute approximate surface area is 297 Å². The van der Waals surface area contributed by atoms with E-state index in [-0.39, 0.29) is 20.4 Å². The van der Waals surface area contributed by atoms with E-state index in [9.17, 15) is 0 Å². The molecule has 0 atom stereocenters. The van der Waals surface area contributed by atoms with Crippen molar-refractivity contribution in [2.45, 2.75) is 118 Å². The zero-order valence-electron chi connectivity index (χ0n) is 31.1. The van der Waals surface area contributed by atoms with E-state index in [0.29, 0.717) is 11.8 Å². The quantitative estimate of drug-likeness (QED) is 0.214. The summed E-state index contributed by atoms with van der Waals surface area (Å²) < 4.78 is 0. The van der Waals surface area contributed by atoms with Crippen molar-refractivity contribution < 1.29 is 20.4 Å². The van der Waals surface area contributed by atoms with Gasteiger partial charge < -0.3 is 0 Å². The van der Waals surface area contributed by atoms with Crippen LogP contribution in [0.2, 0.25) is 78.6 Å². The van der Waals surface area contributed by atoms with Crippen LogP contribution in [0, 0.1) is 0 Å². The van der Waals surface area contributed by atoms with Crippen LogP contribution in [-0.4, -0.2) is 32.3 Å². The molecule has 45 heavy (non-hydrogen) atoms. The van der Waals surface area contributed by atoms with Gasteiger partial charge in [0.25, 0.3) is 0 Å². The topological polar surface area (TPSA) is 0 Å². The van der Waals surface area contributed by atoms with E-state index in [2.05, 4.69) is 155 Å². The van der Waals surface area contributed by atoms with Crippen molar-refractivity contribution in [2.75, 3.05) is 0 Å². The van der Waals surface area contributed by atoms with Crippen molar-refractivity contribution in [3.8, 4) is 0 Å². The average Bonchev–Trinajstić information content (AvgIpc) is 2.86. The number of allylic oxidation sites excluding steroid dienone is 4. The summed E-state index contributed by atoms with van der Waals surface area (Å²) in [6.07, 6.45) is 0. The van der Waals surface area contributed by atoms with Gasteiger partial charge in [-0.3, -0.25) is 0 Å². The van der Waals surface area contributed by atoms with E-state index in [0.717, 1.165) is 0 Å². The molecule has 0 N–H and O–H groups in total. The van der Waals surface area contributed by atoms with Crippen molar-refractivity contribution in [1.29, 1.82) is 0 Å². The fourth-order valence-electron chi connectivity index (χ4n) is 9.56. The van der Waals surface area contributed by atoms with E-state index in [1.165, 1.54) is 0 Å². The van der Waals surface area contributed by atoms with Crippen LogP contribution in [0.25, 0.3) is 0 Å². The van der Waals surface area contributed by atoms with Crippen molar-refractivity contribution in [1.82, 2.24) is 0 Å². The zero-order chi connectivity index (χ0) is 32.9. The average molecular weight is 798 g/mol. The molecule has 4 bridgehead atoms. The Kier molecular flexibility index (Phi) is 10.5. The summed E-state index contributed by atoms with van der Waals surface area (Å²) in [6, 6.07) is 18.7. The van der Waals surface area contributed by atoms with Gasteiger partial charge in [0.05, 0.1) is 35.6 Å². The molecule has 246 valence electrons. The summed E-state index contributed by atoms with van der Waals surface area (Å²) in [7, 11) is -6.48. The van der Waals surface area contributed by atoms with Crippen LogP contribution in [-0.2, 0) is 20.4 Å². The van der Waals surface area contributed by atoms with Crippen LogP contribution in [0.5, 0.6) is 0 Å². The van der Waals surface area contributed by atoms with Gasteiger partial charge in [-0.15, -0.1) is 0 Å². The van der Waals surface area contributed by atoms with Gasteiger partial charge in [0, 0.05) is 43.4 Å². The van der Waals surface area contributed by atoms with Gasteiger partial charge in [0.1, 0.15) is 42.9 Å². The summed E-state index contributed by atoms with van der Waals surface area (Å²) in [6.45, 7) is 40.5. The Morgan fingerprint density at radius 1 is 0.400 bits per heavy atom. The minimum atomic E-state index is -1.28. The summed E-state index contributed by atoms with van der Waals surface area (Å²) >= 11 is 0. The maximum atomic E-state index is 2.56. The predicted molar refractivity (Wildman–Crippen MR) is 218 cm³/mol. The molecular weight excluding hydrogens is 737 g/mol. The molecule has 0 saturated heterocycles. The SMILES string of the molecule is CC1=C([Si](C)(C)C)[PH+]2C([Si](C)(C)C)=C(C)C1c1ccccc12.CC1=C([Si](C)(C)C)[PH+]2C([Si](C)(C)C)=C(C)C1c1ccccc12.[Pd]. The first-order valence-corrected chi connectivity index (χ1v) is 33.9. The van der Waals surface area contributed by atoms with E-state index >= 15 is 0 Å². The molecule has 7 heteroatoms. The largest absolute Gasteiger partial charge is 0.123 e. The van der Waals surface area contributed by atoms with Gasteiger partial charge in [-0.1, -0.05) is 115 Å². The molecule has 0 unspecified atom stereocenters. The summed E-state index contributed by atoms with van der Waals surface area (Å²) in [5.41, 5.74) is 10.2. The molecule has 8 rings (SSSR count). The molecule has 6 aliphatic heterocycles. The van der Waals surface area contributed by atoms with Gasteiger partial charge in [0.2, 0.25) is 0 Å². The van der Waals surface area contributed by atoms with Gasteiger partial charge in [0.15, 0.2) is 0 Å². The van der Waals surface area contributed by atoms with E-state index in [1.807, 2.05) is 19.7 Å². The zero-order valence-corrected chi connectivity index (χ0v) is 38.6. The number of benzene rings is 2. The second-order valence-corrected chi connectivity index (χ2v) is 44.6. The molecule has 0 aromatic heterocycles. The third kappa shape index (κ3) is 6.34. The molecule has 0 aliphatic carbocycles. The fourth-order valence-corrected chi connectivity index (χ4v) is 36.0. The Bertz CT molecular complexity index is 1450. The molecule has 0 radical (unpaired) electrons. The molecule has 0 fully saturated rings. The van der Waals surface area contributed by atoms with Crippen LogP contribution in [0.4, 0.5) is 0 Å². The molecular formula is C38H60P2PdSi4+2. The second-order valence-electron chi connectivity index (χ2n) is 18.0. The fraction of sp³-hybridized carbons (Fsp3) is 0.474. The Morgan fingerprint density at radius 3 is 0.844 bits per heavy atom. The maximum Gasteiger partial charge on any atom is 0.123 e. The minimum absolute atomic E-state index is 0. The standard InChI is InChI=1S/2C19H29PSi2.Pd/c2*1-13-17-14(2)19(22(6,7)8)20(18(13)21(3,4)5)16-12-10-9-11-15(16)17;/h2*9-12,17H,1-8H3;/p+2. The Morgan fingerprint density at radius 2 is 0.622 bits per heavy atom. The van der Waals surface area contributed by atoms with Crippen LogP contribution in [0.15, 0.2) is 90.6 Å². The second kappa shape index (κ2) is 12.6. The Hall–Kier alpha value is -0.210. The molecule has 0 amide bonds. The predicted octanol–water partition coefficient (Wildman–Crippen LogP) is 11.9. The van der Waals surface area contributed by atoms with Crippen LogP contribution in [0.1, 0.15) is 50.7 Å². The van der Waals surface area contributed by atoms with E-state index in [1.54, 1.807) is 44.0 Å². The molecule has 2 aromatic carbocycles. The van der Waals surface area contributed by atoms with Gasteiger partial charge in [-0.05, 0) is 62.1 Å². The molecule has 0 nitrogen and oxygen atoms in total. The summed E-state index contributed by atoms with van der Waals surface area (Å²) in [5.74, 6) is 1.17. The molecule has 6 heterocycles. The van der Waals surface area contributed by atoms with Crippen molar-refractivity contribution in [2.24, 2.45) is 0 Å². The van der Waals surface area contributed by atoms with Crippen molar-refractivity contribution in [3.05, 3.63) is 102 Å². The van der Waals surface area contributed by atoms with Gasteiger partial charge in [-0.2, -0.15) is 0 Å². The number of hydrogen-bond donors (Lipinski definition) is 0. The maximum absolute atomic E-state index is 2.56. The molecule has 0 spiro atoms. The summed E-state index contributed by atoms with van der Waals surface area (Å²) in [4.78, 5) is 7.74. The number of rotatable bonds is 4. The molecule has 0 saturated carbocycles. The van der Waals surface area contributed by atoms with Gasteiger partial charge in [-0.25, -0.2) is 0 Å². The first-order chi connectivity index (χ1) is 20.1. The van der Waals surface area contributed by atoms with E-state index < -0.39 is 48.1 Å². The van der Waals surface area contributed by atoms with Gasteiger partial charge >= 0.3 is 0 Å². The third-order valence-corrected chi connectivity index (χ3v) is 35.5.